The second kappa shape index (κ2) is 10.2. The fourth-order valence-electron chi connectivity index (χ4n) is 3.03. The first-order valence-electron chi connectivity index (χ1n) is 10.5. The molecule has 0 unspecified atom stereocenters. The molecule has 3 heterocycles. The van der Waals surface area contributed by atoms with Crippen molar-refractivity contribution in [3.8, 4) is 0 Å². The Kier molecular flexibility index (Phi) is 7.53. The molecule has 3 rings (SSSR count). The van der Waals surface area contributed by atoms with Gasteiger partial charge in [-0.3, -0.25) is 4.57 Å². The summed E-state index contributed by atoms with van der Waals surface area (Å²) in [5.41, 5.74) is -0.944. The van der Waals surface area contributed by atoms with Crippen LogP contribution >= 0.6 is 0 Å². The topological polar surface area (TPSA) is 161 Å². The molecule has 190 valence electrons. The summed E-state index contributed by atoms with van der Waals surface area (Å²) in [6.07, 6.45) is -2.30. The molecule has 0 bridgehead atoms. The van der Waals surface area contributed by atoms with Crippen LogP contribution in [-0.2, 0) is 43.0 Å². The minimum absolute atomic E-state index is 0.0884. The summed E-state index contributed by atoms with van der Waals surface area (Å²) in [5, 5.41) is 0. The van der Waals surface area contributed by atoms with Crippen LogP contribution in [0.2, 0.25) is 0 Å². The van der Waals surface area contributed by atoms with Gasteiger partial charge in [-0.05, 0) is 13.8 Å². The maximum Gasteiger partial charge on any atom is 0.351 e. The Labute approximate surface area is 198 Å². The van der Waals surface area contributed by atoms with Crippen LogP contribution in [0.15, 0.2) is 29.2 Å². The quantitative estimate of drug-likeness (QED) is 0.313. The van der Waals surface area contributed by atoms with Crippen molar-refractivity contribution in [1.82, 2.24) is 9.55 Å². The molecule has 0 aliphatic carbocycles. The van der Waals surface area contributed by atoms with Crippen LogP contribution in [0.1, 0.15) is 33.9 Å². The summed E-state index contributed by atoms with van der Waals surface area (Å²) in [4.78, 5) is 68.8. The number of carbonyl (C=O) groups is 4. The zero-order chi connectivity index (χ0) is 25.9. The fraction of sp³-hybridized carbons (Fsp3) is 0.524. The van der Waals surface area contributed by atoms with Crippen molar-refractivity contribution in [1.29, 1.82) is 0 Å². The Bertz CT molecular complexity index is 1090. The number of hydrogen-bond donors (Lipinski definition) is 1. The van der Waals surface area contributed by atoms with Crippen LogP contribution in [-0.4, -0.2) is 64.0 Å². The maximum atomic E-state index is 13.8. The van der Waals surface area contributed by atoms with E-state index in [4.69, 9.17) is 23.8 Å². The van der Waals surface area contributed by atoms with Gasteiger partial charge in [0, 0.05) is 24.4 Å². The molecule has 2 aliphatic rings. The lowest BCUT2D eigenvalue weighted by atomic mass is 10.1. The van der Waals surface area contributed by atoms with Crippen LogP contribution in [0.3, 0.4) is 0 Å². The van der Waals surface area contributed by atoms with Gasteiger partial charge in [0.05, 0.1) is 5.92 Å². The molecule has 2 aliphatic heterocycles. The van der Waals surface area contributed by atoms with Crippen LogP contribution in [0.5, 0.6) is 0 Å². The van der Waals surface area contributed by atoms with Gasteiger partial charge in [-0.25, -0.2) is 33.8 Å². The third kappa shape index (κ3) is 6.20. The van der Waals surface area contributed by atoms with E-state index in [0.29, 0.717) is 0 Å². The van der Waals surface area contributed by atoms with Crippen molar-refractivity contribution in [2.75, 3.05) is 12.1 Å². The molecule has 0 radical (unpaired) electrons. The molecule has 35 heavy (non-hydrogen) atoms. The van der Waals surface area contributed by atoms with Crippen molar-refractivity contribution in [3.05, 3.63) is 34.9 Å². The summed E-state index contributed by atoms with van der Waals surface area (Å²) < 4.78 is 36.1. The van der Waals surface area contributed by atoms with Gasteiger partial charge >= 0.3 is 29.6 Å². The fourth-order valence-corrected chi connectivity index (χ4v) is 3.03. The Morgan fingerprint density at radius 2 is 1.80 bits per heavy atom. The summed E-state index contributed by atoms with van der Waals surface area (Å²) in [6, 6.07) is 1.28. The molecule has 0 aromatic carbocycles. The standard InChI is InChI=1S/C21H24FN3O10/c1-10(2)18(28)35-24-12-7-8-25(20(30)23-12)17-16-15(33-13(26)5-6-14(27)34-16)11(32-17)9-31-19(29)21(3,4)22/h5-8,10-11,15-17H,9H2,1-4H3,(H,23,24,30)/b6-5-/t11-,15-,16-,17-/m1/s1. The van der Waals surface area contributed by atoms with E-state index in [-0.39, 0.29) is 5.82 Å². The van der Waals surface area contributed by atoms with Gasteiger partial charge in [0.1, 0.15) is 12.7 Å². The van der Waals surface area contributed by atoms with Crippen LogP contribution in [0, 0.1) is 5.92 Å². The van der Waals surface area contributed by atoms with Crippen molar-refractivity contribution < 1.29 is 47.4 Å². The summed E-state index contributed by atoms with van der Waals surface area (Å²) in [7, 11) is 0. The van der Waals surface area contributed by atoms with Gasteiger partial charge in [-0.15, -0.1) is 0 Å². The second-order valence-corrected chi connectivity index (χ2v) is 8.45. The van der Waals surface area contributed by atoms with Gasteiger partial charge in [0.15, 0.2) is 24.3 Å². The Balaban J connectivity index is 1.86. The molecule has 1 saturated heterocycles. The predicted octanol–water partition coefficient (Wildman–Crippen LogP) is 0.352. The zero-order valence-corrected chi connectivity index (χ0v) is 19.3. The molecule has 1 aromatic heterocycles. The van der Waals surface area contributed by atoms with Gasteiger partial charge in [-0.1, -0.05) is 13.8 Å². The number of halogens is 1. The zero-order valence-electron chi connectivity index (χ0n) is 19.3. The van der Waals surface area contributed by atoms with E-state index >= 15 is 0 Å². The lowest BCUT2D eigenvalue weighted by Crippen LogP contribution is -2.43. The predicted molar refractivity (Wildman–Crippen MR) is 112 cm³/mol. The molecule has 13 nitrogen and oxygen atoms in total. The highest BCUT2D eigenvalue weighted by molar-refractivity contribution is 5.92. The molecule has 1 fully saturated rings. The average Bonchev–Trinajstić information content (AvgIpc) is 3.08. The average molecular weight is 497 g/mol. The number of rotatable bonds is 7. The lowest BCUT2D eigenvalue weighted by molar-refractivity contribution is -0.167. The monoisotopic (exact) mass is 497 g/mol. The SMILES string of the molecule is CC(C)C(=O)ONc1ccn([C@@H]2O[C@H](COC(=O)C(C)(C)F)[C@H]3OC(=O)/C=C\C(=O)O[C@H]32)c(=O)n1. The summed E-state index contributed by atoms with van der Waals surface area (Å²) in [6.45, 7) is 4.66. The third-order valence-corrected chi connectivity index (χ3v) is 4.84. The van der Waals surface area contributed by atoms with Crippen LogP contribution in [0.25, 0.3) is 0 Å². The van der Waals surface area contributed by atoms with E-state index in [0.717, 1.165) is 30.6 Å². The van der Waals surface area contributed by atoms with Crippen molar-refractivity contribution in [2.45, 2.75) is 57.9 Å². The van der Waals surface area contributed by atoms with Gasteiger partial charge in [0.2, 0.25) is 5.67 Å². The van der Waals surface area contributed by atoms with E-state index < -0.39 is 72.3 Å². The van der Waals surface area contributed by atoms with Crippen LogP contribution in [0.4, 0.5) is 10.2 Å². The third-order valence-electron chi connectivity index (χ3n) is 4.84. The van der Waals surface area contributed by atoms with E-state index in [1.165, 1.54) is 12.3 Å². The highest BCUT2D eigenvalue weighted by Crippen LogP contribution is 2.34. The smallest absolute Gasteiger partial charge is 0.351 e. The normalized spacial score (nSPS) is 25.0. The number of alkyl halides is 1. The molecule has 1 aromatic rings. The minimum atomic E-state index is -2.30. The second-order valence-electron chi connectivity index (χ2n) is 8.45. The van der Waals surface area contributed by atoms with E-state index in [2.05, 4.69) is 10.5 Å². The molecule has 0 amide bonds. The van der Waals surface area contributed by atoms with E-state index in [1.54, 1.807) is 13.8 Å². The summed E-state index contributed by atoms with van der Waals surface area (Å²) in [5.74, 6) is -4.10. The lowest BCUT2D eigenvalue weighted by Gasteiger charge is -2.25. The van der Waals surface area contributed by atoms with Gasteiger partial charge in [-0.2, -0.15) is 4.98 Å². The number of anilines is 1. The van der Waals surface area contributed by atoms with Gasteiger partial charge in [0.25, 0.3) is 0 Å². The number of carbonyl (C=O) groups excluding carboxylic acids is 4. The first-order chi connectivity index (χ1) is 16.4. The first-order valence-corrected chi connectivity index (χ1v) is 10.5. The number of nitrogens with one attached hydrogen (secondary N) is 1. The van der Waals surface area contributed by atoms with Crippen molar-refractivity contribution in [3.63, 3.8) is 0 Å². The van der Waals surface area contributed by atoms with Crippen molar-refractivity contribution in [2.24, 2.45) is 5.92 Å². The molecule has 1 N–H and O–H groups in total. The molecule has 0 spiro atoms. The molecule has 0 saturated carbocycles. The number of hydrogen-bond acceptors (Lipinski definition) is 12. The Morgan fingerprint density at radius 1 is 1.17 bits per heavy atom. The van der Waals surface area contributed by atoms with Crippen molar-refractivity contribution >= 4 is 29.7 Å². The highest BCUT2D eigenvalue weighted by atomic mass is 19.1. The maximum absolute atomic E-state index is 13.8. The number of fused-ring (bicyclic) bond motifs is 1. The minimum Gasteiger partial charge on any atom is -0.460 e. The molecular weight excluding hydrogens is 473 g/mol. The number of nitrogens with zero attached hydrogens (tertiary/aromatic N) is 2. The Hall–Kier alpha value is -3.81. The van der Waals surface area contributed by atoms with E-state index in [9.17, 15) is 28.4 Å². The molecular formula is C21H24FN3O10. The molecule has 14 heteroatoms. The largest absolute Gasteiger partial charge is 0.460 e. The number of ether oxygens (including phenoxy) is 4. The van der Waals surface area contributed by atoms with Gasteiger partial charge < -0.3 is 23.8 Å². The molecule has 4 atom stereocenters. The number of esters is 3. The highest BCUT2D eigenvalue weighted by Gasteiger charge is 2.52. The summed E-state index contributed by atoms with van der Waals surface area (Å²) >= 11 is 0. The number of aromatic nitrogens is 2. The van der Waals surface area contributed by atoms with E-state index in [1.807, 2.05) is 0 Å². The van der Waals surface area contributed by atoms with Crippen LogP contribution < -0.4 is 11.2 Å². The Morgan fingerprint density at radius 3 is 2.37 bits per heavy atom. The first kappa shape index (κ1) is 25.8.